The van der Waals surface area contributed by atoms with Gasteiger partial charge < -0.3 is 10.1 Å². The van der Waals surface area contributed by atoms with E-state index in [-0.39, 0.29) is 11.8 Å². The Morgan fingerprint density at radius 3 is 2.67 bits per heavy atom. The standard InChI is InChI=1S/C10H15Cl3N2O2S/c1-6(2)5-7(16)15-8(10(11,12)13)18-9-14-3-4-17-9/h6,8H,3-5H2,1-2H3,(H,15,16)/t8-/m1/s1. The summed E-state index contributed by atoms with van der Waals surface area (Å²) in [6, 6.07) is 0. The molecule has 1 amide bonds. The summed E-state index contributed by atoms with van der Waals surface area (Å²) in [6.07, 6.45) is 0.380. The van der Waals surface area contributed by atoms with E-state index in [0.717, 1.165) is 11.8 Å². The van der Waals surface area contributed by atoms with E-state index in [0.29, 0.717) is 24.8 Å². The van der Waals surface area contributed by atoms with Gasteiger partial charge in [-0.25, -0.2) is 4.99 Å². The molecule has 0 unspecified atom stereocenters. The SMILES string of the molecule is CC(C)CC(=O)N[C@H](SC1=NCCO1)C(Cl)(Cl)Cl. The number of halogens is 3. The molecule has 0 aromatic carbocycles. The van der Waals surface area contributed by atoms with Crippen LogP contribution in [0.25, 0.3) is 0 Å². The maximum Gasteiger partial charge on any atom is 0.248 e. The van der Waals surface area contributed by atoms with Crippen molar-refractivity contribution in [3.8, 4) is 0 Å². The molecule has 0 aromatic heterocycles. The lowest BCUT2D eigenvalue weighted by molar-refractivity contribution is -0.121. The topological polar surface area (TPSA) is 50.7 Å². The third-order valence-corrected chi connectivity index (χ3v) is 4.16. The number of carbonyl (C=O) groups is 1. The number of nitrogens with one attached hydrogen (secondary N) is 1. The summed E-state index contributed by atoms with van der Waals surface area (Å²) in [5, 5.41) is 2.41. The van der Waals surface area contributed by atoms with E-state index < -0.39 is 9.17 Å². The number of alkyl halides is 3. The second kappa shape index (κ2) is 7.08. The van der Waals surface area contributed by atoms with Crippen LogP contribution in [0.3, 0.4) is 0 Å². The molecule has 0 aromatic rings. The van der Waals surface area contributed by atoms with E-state index in [4.69, 9.17) is 39.5 Å². The number of ether oxygens (including phenoxy) is 1. The summed E-state index contributed by atoms with van der Waals surface area (Å²) in [5.74, 6) is 0.0820. The summed E-state index contributed by atoms with van der Waals surface area (Å²) in [7, 11) is 0. The van der Waals surface area contributed by atoms with Gasteiger partial charge in [-0.3, -0.25) is 4.79 Å². The van der Waals surface area contributed by atoms with Gasteiger partial charge in [0.25, 0.3) is 0 Å². The number of amides is 1. The van der Waals surface area contributed by atoms with Crippen LogP contribution in [0.2, 0.25) is 0 Å². The molecule has 1 aliphatic heterocycles. The van der Waals surface area contributed by atoms with Crippen LogP contribution < -0.4 is 5.32 Å². The highest BCUT2D eigenvalue weighted by Gasteiger charge is 2.36. The van der Waals surface area contributed by atoms with E-state index in [1.807, 2.05) is 13.8 Å². The summed E-state index contributed by atoms with van der Waals surface area (Å²) >= 11 is 18.6. The van der Waals surface area contributed by atoms with Crippen LogP contribution in [0.4, 0.5) is 0 Å². The number of rotatable bonds is 4. The van der Waals surface area contributed by atoms with Gasteiger partial charge in [0.15, 0.2) is 0 Å². The normalized spacial score (nSPS) is 17.3. The average Bonchev–Trinajstić information content (AvgIpc) is 2.66. The van der Waals surface area contributed by atoms with Crippen molar-refractivity contribution < 1.29 is 9.53 Å². The Kier molecular flexibility index (Phi) is 6.38. The highest BCUT2D eigenvalue weighted by atomic mass is 35.6. The number of carbonyl (C=O) groups excluding carboxylic acids is 1. The lowest BCUT2D eigenvalue weighted by atomic mass is 10.1. The fraction of sp³-hybridized carbons (Fsp3) is 0.800. The maximum atomic E-state index is 11.7. The van der Waals surface area contributed by atoms with Crippen molar-refractivity contribution in [3.63, 3.8) is 0 Å². The first kappa shape index (κ1) is 16.2. The Hall–Kier alpha value is 0.160. The molecule has 1 heterocycles. The zero-order chi connectivity index (χ0) is 13.8. The van der Waals surface area contributed by atoms with Crippen LogP contribution in [0.15, 0.2) is 4.99 Å². The third-order valence-electron chi connectivity index (χ3n) is 1.96. The number of nitrogens with zero attached hydrogens (tertiary/aromatic N) is 1. The molecule has 104 valence electrons. The van der Waals surface area contributed by atoms with Crippen LogP contribution in [0, 0.1) is 5.92 Å². The Morgan fingerprint density at radius 2 is 2.22 bits per heavy atom. The molecule has 1 aliphatic rings. The molecule has 0 bridgehead atoms. The average molecular weight is 334 g/mol. The first-order valence-electron chi connectivity index (χ1n) is 5.49. The van der Waals surface area contributed by atoms with Crippen LogP contribution in [-0.2, 0) is 9.53 Å². The Morgan fingerprint density at radius 1 is 1.56 bits per heavy atom. The van der Waals surface area contributed by atoms with Crippen molar-refractivity contribution in [3.05, 3.63) is 0 Å². The van der Waals surface area contributed by atoms with Crippen molar-refractivity contribution in [2.24, 2.45) is 10.9 Å². The first-order chi connectivity index (χ1) is 8.29. The zero-order valence-corrected chi connectivity index (χ0v) is 13.2. The van der Waals surface area contributed by atoms with Crippen molar-refractivity contribution in [1.29, 1.82) is 0 Å². The quantitative estimate of drug-likeness (QED) is 0.635. The number of aliphatic imine (C=N–C) groups is 1. The van der Waals surface area contributed by atoms with E-state index >= 15 is 0 Å². The van der Waals surface area contributed by atoms with Crippen LogP contribution in [0.5, 0.6) is 0 Å². The predicted molar refractivity (Wildman–Crippen MR) is 77.5 cm³/mol. The van der Waals surface area contributed by atoms with Crippen molar-refractivity contribution in [2.75, 3.05) is 13.2 Å². The molecule has 1 N–H and O–H groups in total. The Bertz CT molecular complexity index is 332. The lowest BCUT2D eigenvalue weighted by Crippen LogP contribution is -2.42. The van der Waals surface area contributed by atoms with Gasteiger partial charge in [0.2, 0.25) is 14.9 Å². The molecule has 1 atom stereocenters. The molecule has 0 saturated carbocycles. The highest BCUT2D eigenvalue weighted by molar-refractivity contribution is 8.14. The van der Waals surface area contributed by atoms with Gasteiger partial charge >= 0.3 is 0 Å². The van der Waals surface area contributed by atoms with Gasteiger partial charge in [0.05, 0.1) is 6.54 Å². The summed E-state index contributed by atoms with van der Waals surface area (Å²) in [6.45, 7) is 5.01. The molecule has 1 rings (SSSR count). The number of hydrogen-bond acceptors (Lipinski definition) is 4. The van der Waals surface area contributed by atoms with Crippen molar-refractivity contribution in [2.45, 2.75) is 29.4 Å². The molecular formula is C10H15Cl3N2O2S. The summed E-state index contributed by atoms with van der Waals surface area (Å²) in [4.78, 5) is 15.8. The first-order valence-corrected chi connectivity index (χ1v) is 7.50. The molecule has 0 saturated heterocycles. The summed E-state index contributed by atoms with van der Waals surface area (Å²) < 4.78 is 3.61. The van der Waals surface area contributed by atoms with Gasteiger partial charge in [-0.1, -0.05) is 48.7 Å². The molecule has 4 nitrogen and oxygen atoms in total. The molecule has 8 heteroatoms. The van der Waals surface area contributed by atoms with Gasteiger partial charge in [-0.2, -0.15) is 0 Å². The van der Waals surface area contributed by atoms with Gasteiger partial charge in [0, 0.05) is 6.42 Å². The zero-order valence-electron chi connectivity index (χ0n) is 10.1. The highest BCUT2D eigenvalue weighted by Crippen LogP contribution is 2.37. The fourth-order valence-electron chi connectivity index (χ4n) is 1.24. The van der Waals surface area contributed by atoms with Crippen molar-refractivity contribution in [1.82, 2.24) is 5.32 Å². The van der Waals surface area contributed by atoms with E-state index in [1.165, 1.54) is 0 Å². The fourth-order valence-corrected chi connectivity index (χ4v) is 2.65. The predicted octanol–water partition coefficient (Wildman–Crippen LogP) is 2.96. The molecule has 0 fully saturated rings. The molecule has 0 radical (unpaired) electrons. The van der Waals surface area contributed by atoms with E-state index in [9.17, 15) is 4.79 Å². The van der Waals surface area contributed by atoms with E-state index in [1.54, 1.807) is 0 Å². The van der Waals surface area contributed by atoms with Gasteiger partial charge in [-0.05, 0) is 17.7 Å². The Balaban J connectivity index is 2.58. The number of thioether (sulfide) groups is 1. The van der Waals surface area contributed by atoms with Gasteiger partial charge in [0.1, 0.15) is 12.0 Å². The molecule has 0 aliphatic carbocycles. The minimum absolute atomic E-state index is 0.160. The van der Waals surface area contributed by atoms with Gasteiger partial charge in [-0.15, -0.1) is 0 Å². The van der Waals surface area contributed by atoms with Crippen molar-refractivity contribution >= 4 is 57.7 Å². The lowest BCUT2D eigenvalue weighted by Gasteiger charge is -2.24. The smallest absolute Gasteiger partial charge is 0.248 e. The molecular weight excluding hydrogens is 319 g/mol. The monoisotopic (exact) mass is 332 g/mol. The largest absolute Gasteiger partial charge is 0.471 e. The summed E-state index contributed by atoms with van der Waals surface area (Å²) in [5.41, 5.74) is 0. The number of hydrogen-bond donors (Lipinski definition) is 1. The minimum atomic E-state index is -1.62. The Labute approximate surface area is 126 Å². The maximum absolute atomic E-state index is 11.7. The van der Waals surface area contributed by atoms with Crippen LogP contribution >= 0.6 is 46.6 Å². The van der Waals surface area contributed by atoms with E-state index in [2.05, 4.69) is 10.3 Å². The second-order valence-electron chi connectivity index (χ2n) is 4.20. The molecule has 0 spiro atoms. The van der Waals surface area contributed by atoms with Crippen LogP contribution in [0.1, 0.15) is 20.3 Å². The third kappa shape index (κ3) is 5.87. The molecule has 18 heavy (non-hydrogen) atoms. The van der Waals surface area contributed by atoms with Crippen LogP contribution in [-0.4, -0.2) is 33.5 Å². The second-order valence-corrected chi connectivity index (χ2v) is 7.63. The minimum Gasteiger partial charge on any atom is -0.471 e.